The van der Waals surface area contributed by atoms with Crippen LogP contribution in [-0.2, 0) is 0 Å². The summed E-state index contributed by atoms with van der Waals surface area (Å²) in [6.07, 6.45) is 1.46. The number of alkyl halides is 2. The van der Waals surface area contributed by atoms with Gasteiger partial charge in [0, 0.05) is 6.07 Å². The fraction of sp³-hybridized carbons (Fsp3) is 0.238. The molecular weight excluding hydrogens is 450 g/mol. The van der Waals surface area contributed by atoms with Crippen molar-refractivity contribution in [3.05, 3.63) is 46.0 Å². The average Bonchev–Trinajstić information content (AvgIpc) is 2.78. The molecule has 170 valence electrons. The van der Waals surface area contributed by atoms with E-state index >= 15 is 0 Å². The molecule has 0 atom stereocenters. The van der Waals surface area contributed by atoms with Crippen LogP contribution in [0.3, 0.4) is 0 Å². The number of aromatic amines is 1. The Kier molecular flexibility index (Phi) is 7.04. The van der Waals surface area contributed by atoms with Crippen molar-refractivity contribution in [3.63, 3.8) is 0 Å². The number of aromatic nitrogens is 2. The molecule has 0 aliphatic rings. The van der Waals surface area contributed by atoms with Gasteiger partial charge in [0.25, 0.3) is 5.56 Å². The van der Waals surface area contributed by atoms with Crippen LogP contribution in [0.5, 0.6) is 28.7 Å². The van der Waals surface area contributed by atoms with Crippen LogP contribution in [0.15, 0.2) is 29.1 Å². The van der Waals surface area contributed by atoms with Gasteiger partial charge in [0.2, 0.25) is 5.75 Å². The SMILES string of the molecule is COc1cc2nc(/C(Cl)=C/c3cc(OC)c(OC(F)F)c(OC)c3)[nH]c(=O)c2cc1OC. The van der Waals surface area contributed by atoms with Gasteiger partial charge in [0.05, 0.1) is 44.4 Å². The number of H-pyrrole nitrogens is 1. The minimum absolute atomic E-state index is 0.0113. The number of nitrogens with one attached hydrogen (secondary N) is 1. The smallest absolute Gasteiger partial charge is 0.387 e. The van der Waals surface area contributed by atoms with Crippen molar-refractivity contribution >= 4 is 33.6 Å². The van der Waals surface area contributed by atoms with Crippen LogP contribution in [0.2, 0.25) is 0 Å². The summed E-state index contributed by atoms with van der Waals surface area (Å²) in [6, 6.07) is 5.92. The van der Waals surface area contributed by atoms with E-state index in [9.17, 15) is 13.6 Å². The zero-order chi connectivity index (χ0) is 23.4. The molecule has 0 aliphatic heterocycles. The summed E-state index contributed by atoms with van der Waals surface area (Å²) in [6.45, 7) is -3.06. The Labute approximate surface area is 186 Å². The van der Waals surface area contributed by atoms with Gasteiger partial charge in [-0.2, -0.15) is 8.78 Å². The first-order valence-corrected chi connectivity index (χ1v) is 9.43. The molecule has 3 aromatic rings. The van der Waals surface area contributed by atoms with Gasteiger partial charge in [-0.15, -0.1) is 0 Å². The summed E-state index contributed by atoms with van der Waals surface area (Å²) in [7, 11) is 5.52. The van der Waals surface area contributed by atoms with Crippen molar-refractivity contribution in [2.45, 2.75) is 6.61 Å². The number of benzene rings is 2. The van der Waals surface area contributed by atoms with Gasteiger partial charge >= 0.3 is 6.61 Å². The van der Waals surface area contributed by atoms with Crippen molar-refractivity contribution in [2.24, 2.45) is 0 Å². The molecule has 3 rings (SSSR count). The summed E-state index contributed by atoms with van der Waals surface area (Å²) < 4.78 is 50.7. The number of methoxy groups -OCH3 is 4. The van der Waals surface area contributed by atoms with Gasteiger partial charge in [0.1, 0.15) is 0 Å². The summed E-state index contributed by atoms with van der Waals surface area (Å²) >= 11 is 6.40. The van der Waals surface area contributed by atoms with E-state index in [1.54, 1.807) is 6.07 Å². The topological polar surface area (TPSA) is 91.9 Å². The maximum Gasteiger partial charge on any atom is 0.387 e. The zero-order valence-electron chi connectivity index (χ0n) is 17.5. The minimum atomic E-state index is -3.06. The molecule has 0 bridgehead atoms. The largest absolute Gasteiger partial charge is 0.493 e. The molecular formula is C21H19ClF2N2O6. The highest BCUT2D eigenvalue weighted by Gasteiger charge is 2.18. The molecule has 1 heterocycles. The Bertz CT molecular complexity index is 1200. The normalized spacial score (nSPS) is 11.6. The number of nitrogens with zero attached hydrogens (tertiary/aromatic N) is 1. The minimum Gasteiger partial charge on any atom is -0.493 e. The molecule has 8 nitrogen and oxygen atoms in total. The predicted octanol–water partition coefficient (Wildman–Crippen LogP) is 4.30. The molecule has 0 radical (unpaired) electrons. The first-order valence-electron chi connectivity index (χ1n) is 9.05. The maximum absolute atomic E-state index is 12.7. The van der Waals surface area contributed by atoms with E-state index < -0.39 is 12.2 Å². The van der Waals surface area contributed by atoms with Crippen molar-refractivity contribution in [1.29, 1.82) is 0 Å². The maximum atomic E-state index is 12.7. The van der Waals surface area contributed by atoms with E-state index in [1.165, 1.54) is 52.7 Å². The zero-order valence-corrected chi connectivity index (χ0v) is 18.3. The number of halogens is 3. The number of hydrogen-bond acceptors (Lipinski definition) is 7. The van der Waals surface area contributed by atoms with Crippen molar-refractivity contribution in [2.75, 3.05) is 28.4 Å². The molecule has 2 aromatic carbocycles. The standard InChI is InChI=1S/C21H19ClF2N2O6/c1-28-14-8-11-13(9-15(14)29-2)25-19(26-20(11)27)12(22)5-10-6-16(30-3)18(32-21(23)24)17(7-10)31-4/h5-9,21H,1-4H3,(H,25,26,27)/b12-5-. The van der Waals surface area contributed by atoms with Crippen LogP contribution in [-0.4, -0.2) is 45.0 Å². The third-order valence-electron chi connectivity index (χ3n) is 4.42. The van der Waals surface area contributed by atoms with Crippen LogP contribution < -0.4 is 29.2 Å². The van der Waals surface area contributed by atoms with Crippen molar-refractivity contribution in [3.8, 4) is 28.7 Å². The Hall–Kier alpha value is -3.53. The van der Waals surface area contributed by atoms with E-state index in [0.29, 0.717) is 22.6 Å². The highest BCUT2D eigenvalue weighted by atomic mass is 35.5. The first kappa shape index (κ1) is 23.1. The molecule has 0 aliphatic carbocycles. The summed E-state index contributed by atoms with van der Waals surface area (Å²) in [5.41, 5.74) is 0.331. The molecule has 0 saturated heterocycles. The summed E-state index contributed by atoms with van der Waals surface area (Å²) in [5.74, 6) is 0.633. The Morgan fingerprint density at radius 2 is 1.53 bits per heavy atom. The summed E-state index contributed by atoms with van der Waals surface area (Å²) in [5, 5.41) is 0.359. The van der Waals surface area contributed by atoms with E-state index in [2.05, 4.69) is 14.7 Å². The fourth-order valence-electron chi connectivity index (χ4n) is 2.98. The number of hydrogen-bond donors (Lipinski definition) is 1. The van der Waals surface area contributed by atoms with Crippen molar-refractivity contribution in [1.82, 2.24) is 9.97 Å². The monoisotopic (exact) mass is 468 g/mol. The van der Waals surface area contributed by atoms with Gasteiger partial charge < -0.3 is 28.7 Å². The summed E-state index contributed by atoms with van der Waals surface area (Å²) in [4.78, 5) is 19.6. The molecule has 1 N–H and O–H groups in total. The van der Waals surface area contributed by atoms with Gasteiger partial charge in [-0.3, -0.25) is 4.79 Å². The molecule has 11 heteroatoms. The van der Waals surface area contributed by atoms with Gasteiger partial charge in [-0.05, 0) is 29.8 Å². The molecule has 0 saturated carbocycles. The Morgan fingerprint density at radius 1 is 0.969 bits per heavy atom. The molecule has 0 unspecified atom stereocenters. The lowest BCUT2D eigenvalue weighted by molar-refractivity contribution is -0.0526. The van der Waals surface area contributed by atoms with Gasteiger partial charge in [0.15, 0.2) is 28.8 Å². The number of rotatable bonds is 8. The average molecular weight is 469 g/mol. The van der Waals surface area contributed by atoms with E-state index in [0.717, 1.165) is 0 Å². The van der Waals surface area contributed by atoms with Crippen LogP contribution in [0.25, 0.3) is 22.0 Å². The third kappa shape index (κ3) is 4.70. The van der Waals surface area contributed by atoms with E-state index in [4.69, 9.17) is 30.5 Å². The van der Waals surface area contributed by atoms with Crippen LogP contribution in [0.1, 0.15) is 11.4 Å². The molecule has 1 aromatic heterocycles. The Morgan fingerprint density at radius 3 is 2.06 bits per heavy atom. The second kappa shape index (κ2) is 9.73. The van der Waals surface area contributed by atoms with E-state index in [-0.39, 0.29) is 33.5 Å². The molecule has 32 heavy (non-hydrogen) atoms. The van der Waals surface area contributed by atoms with Gasteiger partial charge in [-0.1, -0.05) is 11.6 Å². The van der Waals surface area contributed by atoms with Crippen LogP contribution in [0.4, 0.5) is 8.78 Å². The number of fused-ring (bicyclic) bond motifs is 1. The lowest BCUT2D eigenvalue weighted by atomic mass is 10.1. The number of ether oxygens (including phenoxy) is 5. The molecule has 0 spiro atoms. The highest BCUT2D eigenvalue weighted by Crippen LogP contribution is 2.40. The second-order valence-electron chi connectivity index (χ2n) is 6.26. The first-order chi connectivity index (χ1) is 15.3. The van der Waals surface area contributed by atoms with E-state index in [1.807, 2.05) is 0 Å². The van der Waals surface area contributed by atoms with Crippen LogP contribution >= 0.6 is 11.6 Å². The molecule has 0 amide bonds. The highest BCUT2D eigenvalue weighted by molar-refractivity contribution is 6.50. The fourth-order valence-corrected chi connectivity index (χ4v) is 3.20. The predicted molar refractivity (Wildman–Crippen MR) is 115 cm³/mol. The Balaban J connectivity index is 2.09. The van der Waals surface area contributed by atoms with Crippen molar-refractivity contribution < 1.29 is 32.5 Å². The lowest BCUT2D eigenvalue weighted by Crippen LogP contribution is -2.11. The lowest BCUT2D eigenvalue weighted by Gasteiger charge is -2.14. The van der Waals surface area contributed by atoms with Crippen LogP contribution in [0, 0.1) is 0 Å². The second-order valence-corrected chi connectivity index (χ2v) is 6.67. The quantitative estimate of drug-likeness (QED) is 0.527. The molecule has 0 fully saturated rings. The third-order valence-corrected chi connectivity index (χ3v) is 4.71. The van der Waals surface area contributed by atoms with Gasteiger partial charge in [-0.25, -0.2) is 4.98 Å².